The molecule has 2 nitrogen and oxygen atoms in total. The van der Waals surface area contributed by atoms with Gasteiger partial charge in [-0.25, -0.2) is 0 Å². The van der Waals surface area contributed by atoms with E-state index in [1.165, 1.54) is 0 Å². The average molecular weight is 210 g/mol. The maximum absolute atomic E-state index is 8.63. The van der Waals surface area contributed by atoms with Gasteiger partial charge in [0.05, 0.1) is 24.6 Å². The minimum absolute atomic E-state index is 0.396. The summed E-state index contributed by atoms with van der Waals surface area (Å²) in [5.74, 6) is 0.671. The van der Waals surface area contributed by atoms with Gasteiger partial charge in [-0.2, -0.15) is 5.26 Å². The molecule has 74 valence electrons. The Morgan fingerprint density at radius 2 is 2.14 bits per heavy atom. The van der Waals surface area contributed by atoms with Gasteiger partial charge in [-0.15, -0.1) is 0 Å². The molecular formula is C11H12ClNO. The van der Waals surface area contributed by atoms with E-state index in [-0.39, 0.29) is 0 Å². The second kappa shape index (κ2) is 4.88. The monoisotopic (exact) mass is 209 g/mol. The third kappa shape index (κ3) is 2.18. The van der Waals surface area contributed by atoms with Crippen LogP contribution < -0.4 is 4.74 Å². The Morgan fingerprint density at radius 1 is 1.43 bits per heavy atom. The summed E-state index contributed by atoms with van der Waals surface area (Å²) in [6.07, 6.45) is 1.28. The number of hydrogen-bond donors (Lipinski definition) is 0. The quantitative estimate of drug-likeness (QED) is 0.767. The zero-order valence-corrected chi connectivity index (χ0v) is 9.06. The fourth-order valence-electron chi connectivity index (χ4n) is 1.37. The summed E-state index contributed by atoms with van der Waals surface area (Å²) in [4.78, 5) is 0. The van der Waals surface area contributed by atoms with Crippen molar-refractivity contribution >= 4 is 11.6 Å². The lowest BCUT2D eigenvalue weighted by Crippen LogP contribution is -1.94. The second-order valence-corrected chi connectivity index (χ2v) is 3.35. The second-order valence-electron chi connectivity index (χ2n) is 2.94. The maximum Gasteiger partial charge on any atom is 0.137 e. The molecule has 3 heteroatoms. The smallest absolute Gasteiger partial charge is 0.137 e. The van der Waals surface area contributed by atoms with Crippen LogP contribution in [0.4, 0.5) is 0 Å². The number of nitrogens with zero attached hydrogens (tertiary/aromatic N) is 1. The Hall–Kier alpha value is -1.20. The summed E-state index contributed by atoms with van der Waals surface area (Å²) in [5.41, 5.74) is 2.11. The summed E-state index contributed by atoms with van der Waals surface area (Å²) >= 11 is 5.96. The molecule has 0 amide bonds. The van der Waals surface area contributed by atoms with Crippen molar-refractivity contribution < 1.29 is 4.74 Å². The highest BCUT2D eigenvalue weighted by Crippen LogP contribution is 2.28. The molecule has 1 aromatic carbocycles. The summed E-state index contributed by atoms with van der Waals surface area (Å²) in [6, 6.07) is 5.83. The Bertz CT molecular complexity index is 368. The maximum atomic E-state index is 8.63. The van der Waals surface area contributed by atoms with Gasteiger partial charge < -0.3 is 4.74 Å². The van der Waals surface area contributed by atoms with Gasteiger partial charge in [-0.3, -0.25) is 0 Å². The summed E-state index contributed by atoms with van der Waals surface area (Å²) in [6.45, 7) is 2.05. The highest BCUT2D eigenvalue weighted by atomic mass is 35.5. The van der Waals surface area contributed by atoms with Crippen molar-refractivity contribution in [3.8, 4) is 11.8 Å². The Kier molecular flexibility index (Phi) is 3.79. The Morgan fingerprint density at radius 3 is 2.64 bits per heavy atom. The van der Waals surface area contributed by atoms with Crippen LogP contribution in [0.1, 0.15) is 18.1 Å². The van der Waals surface area contributed by atoms with Crippen LogP contribution in [-0.2, 0) is 12.8 Å². The molecule has 14 heavy (non-hydrogen) atoms. The van der Waals surface area contributed by atoms with Gasteiger partial charge in [0, 0.05) is 0 Å². The summed E-state index contributed by atoms with van der Waals surface area (Å²) < 4.78 is 5.11. The number of methoxy groups -OCH3 is 1. The number of halogens is 1. The molecule has 0 N–H and O–H groups in total. The molecule has 0 heterocycles. The van der Waals surface area contributed by atoms with E-state index >= 15 is 0 Å². The van der Waals surface area contributed by atoms with Gasteiger partial charge >= 0.3 is 0 Å². The highest BCUT2D eigenvalue weighted by molar-refractivity contribution is 6.32. The van der Waals surface area contributed by atoms with Crippen molar-refractivity contribution in [2.75, 3.05) is 7.11 Å². The Balaban J connectivity index is 3.18. The van der Waals surface area contributed by atoms with Crippen molar-refractivity contribution in [3.63, 3.8) is 0 Å². The zero-order valence-electron chi connectivity index (χ0n) is 8.30. The lowest BCUT2D eigenvalue weighted by molar-refractivity contribution is 0.414. The van der Waals surface area contributed by atoms with Crippen LogP contribution in [0, 0.1) is 11.3 Å². The van der Waals surface area contributed by atoms with Gasteiger partial charge in [-0.1, -0.05) is 18.5 Å². The van der Waals surface area contributed by atoms with Gasteiger partial charge in [0.15, 0.2) is 0 Å². The molecule has 0 spiro atoms. The molecule has 0 aliphatic rings. The first-order chi connectivity index (χ1) is 6.72. The third-order valence-corrected chi connectivity index (χ3v) is 2.42. The van der Waals surface area contributed by atoms with Crippen LogP contribution in [0.25, 0.3) is 0 Å². The van der Waals surface area contributed by atoms with Gasteiger partial charge in [0.1, 0.15) is 5.75 Å². The molecule has 0 aliphatic heterocycles. The van der Waals surface area contributed by atoms with E-state index in [9.17, 15) is 0 Å². The molecule has 0 fully saturated rings. The molecular weight excluding hydrogens is 198 g/mol. The normalized spacial score (nSPS) is 9.57. The number of benzene rings is 1. The topological polar surface area (TPSA) is 33.0 Å². The van der Waals surface area contributed by atoms with E-state index in [1.807, 2.05) is 19.1 Å². The molecule has 1 rings (SSSR count). The van der Waals surface area contributed by atoms with Crippen LogP contribution in [-0.4, -0.2) is 7.11 Å². The number of rotatable bonds is 3. The minimum Gasteiger partial charge on any atom is -0.495 e. The van der Waals surface area contributed by atoms with E-state index in [1.54, 1.807) is 7.11 Å². The van der Waals surface area contributed by atoms with Crippen molar-refractivity contribution in [3.05, 3.63) is 28.3 Å². The number of aryl methyl sites for hydroxylation is 1. The molecule has 0 aromatic heterocycles. The van der Waals surface area contributed by atoms with E-state index in [0.29, 0.717) is 17.2 Å². The van der Waals surface area contributed by atoms with E-state index in [2.05, 4.69) is 6.07 Å². The van der Waals surface area contributed by atoms with Crippen LogP contribution in [0.15, 0.2) is 12.1 Å². The lowest BCUT2D eigenvalue weighted by Gasteiger charge is -2.09. The molecule has 0 bridgehead atoms. The number of hydrogen-bond acceptors (Lipinski definition) is 2. The van der Waals surface area contributed by atoms with Crippen LogP contribution in [0.3, 0.4) is 0 Å². The lowest BCUT2D eigenvalue weighted by atomic mass is 10.0. The van der Waals surface area contributed by atoms with E-state index in [4.69, 9.17) is 21.6 Å². The molecule has 0 aliphatic carbocycles. The van der Waals surface area contributed by atoms with Crippen LogP contribution in [0.2, 0.25) is 5.02 Å². The molecule has 0 saturated heterocycles. The van der Waals surface area contributed by atoms with Crippen molar-refractivity contribution in [1.29, 1.82) is 5.26 Å². The molecule has 1 aromatic rings. The first-order valence-corrected chi connectivity index (χ1v) is 4.83. The third-order valence-electron chi connectivity index (χ3n) is 2.12. The van der Waals surface area contributed by atoms with Crippen molar-refractivity contribution in [2.24, 2.45) is 0 Å². The highest BCUT2D eigenvalue weighted by Gasteiger charge is 2.07. The zero-order chi connectivity index (χ0) is 10.6. The van der Waals surface area contributed by atoms with Gasteiger partial charge in [-0.05, 0) is 29.7 Å². The molecule has 0 unspecified atom stereocenters. The first kappa shape index (κ1) is 10.9. The SMILES string of the molecule is CCc1cc(OC)c(Cl)cc1CC#N. The summed E-state index contributed by atoms with van der Waals surface area (Å²) in [7, 11) is 1.59. The Labute approximate surface area is 89.1 Å². The number of ether oxygens (including phenoxy) is 1. The van der Waals surface area contributed by atoms with Gasteiger partial charge in [0.25, 0.3) is 0 Å². The predicted octanol–water partition coefficient (Wildman–Crippen LogP) is 2.98. The van der Waals surface area contributed by atoms with Crippen LogP contribution in [0.5, 0.6) is 5.75 Å². The van der Waals surface area contributed by atoms with Crippen molar-refractivity contribution in [1.82, 2.24) is 0 Å². The first-order valence-electron chi connectivity index (χ1n) is 4.45. The van der Waals surface area contributed by atoms with E-state index in [0.717, 1.165) is 17.5 Å². The molecule has 0 atom stereocenters. The minimum atomic E-state index is 0.396. The van der Waals surface area contributed by atoms with Gasteiger partial charge in [0.2, 0.25) is 0 Å². The summed E-state index contributed by atoms with van der Waals surface area (Å²) in [5, 5.41) is 9.20. The standard InChI is InChI=1S/C11H12ClNO/c1-3-8-7-11(14-2)10(12)6-9(8)4-5-13/h6-7H,3-4H2,1-2H3. The average Bonchev–Trinajstić information content (AvgIpc) is 2.19. The van der Waals surface area contributed by atoms with Crippen molar-refractivity contribution in [2.45, 2.75) is 19.8 Å². The fourth-order valence-corrected chi connectivity index (χ4v) is 1.64. The van der Waals surface area contributed by atoms with Crippen LogP contribution >= 0.6 is 11.6 Å². The fraction of sp³-hybridized carbons (Fsp3) is 0.364. The number of nitriles is 1. The molecule has 0 radical (unpaired) electrons. The predicted molar refractivity (Wildman–Crippen MR) is 56.7 cm³/mol. The largest absolute Gasteiger partial charge is 0.495 e. The van der Waals surface area contributed by atoms with E-state index < -0.39 is 0 Å². The molecule has 0 saturated carbocycles.